The third-order valence-electron chi connectivity index (χ3n) is 5.16. The molecule has 182 valence electrons. The van der Waals surface area contributed by atoms with Gasteiger partial charge in [0.1, 0.15) is 10.7 Å². The van der Waals surface area contributed by atoms with Crippen LogP contribution in [0, 0.1) is 0 Å². The lowest BCUT2D eigenvalue weighted by atomic mass is 10.2. The van der Waals surface area contributed by atoms with Gasteiger partial charge in [-0.05, 0) is 73.7 Å². The zero-order valence-electron chi connectivity index (χ0n) is 18.9. The minimum Gasteiger partial charge on any atom is -0.462 e. The van der Waals surface area contributed by atoms with Crippen LogP contribution in [0.25, 0.3) is 0 Å². The number of halogens is 2. The molecule has 1 aliphatic rings. The summed E-state index contributed by atoms with van der Waals surface area (Å²) in [6, 6.07) is 19.5. The van der Waals surface area contributed by atoms with Crippen molar-refractivity contribution in [3.8, 4) is 0 Å². The van der Waals surface area contributed by atoms with E-state index in [0.29, 0.717) is 16.9 Å². The van der Waals surface area contributed by atoms with Crippen LogP contribution in [0.3, 0.4) is 0 Å². The van der Waals surface area contributed by atoms with Crippen LogP contribution >= 0.6 is 27.5 Å². The van der Waals surface area contributed by atoms with E-state index in [1.165, 1.54) is 18.2 Å². The van der Waals surface area contributed by atoms with Gasteiger partial charge in [-0.2, -0.15) is 0 Å². The molecule has 0 saturated carbocycles. The number of nitrogens with zero attached hydrogens (tertiary/aromatic N) is 1. The predicted octanol–water partition coefficient (Wildman–Crippen LogP) is 5.31. The average molecular weight is 569 g/mol. The number of esters is 1. The second kappa shape index (κ2) is 10.8. The molecule has 3 amide bonds. The van der Waals surface area contributed by atoms with E-state index in [1.54, 1.807) is 49.4 Å². The van der Waals surface area contributed by atoms with E-state index >= 15 is 0 Å². The van der Waals surface area contributed by atoms with Crippen LogP contribution in [0.1, 0.15) is 27.6 Å². The molecule has 0 aliphatic carbocycles. The number of ether oxygens (including phenoxy) is 1. The molecule has 3 aromatic rings. The number of anilines is 3. The number of benzene rings is 3. The van der Waals surface area contributed by atoms with Crippen molar-refractivity contribution in [2.45, 2.75) is 6.92 Å². The Balaban J connectivity index is 1.48. The highest BCUT2D eigenvalue weighted by atomic mass is 79.9. The third-order valence-corrected chi connectivity index (χ3v) is 6.04. The molecule has 0 atom stereocenters. The highest BCUT2D eigenvalue weighted by molar-refractivity contribution is 9.10. The van der Waals surface area contributed by atoms with E-state index < -0.39 is 17.8 Å². The zero-order valence-corrected chi connectivity index (χ0v) is 21.2. The van der Waals surface area contributed by atoms with Crippen LogP contribution in [0.15, 0.2) is 88.0 Å². The summed E-state index contributed by atoms with van der Waals surface area (Å²) in [5, 5.41) is 5.36. The summed E-state index contributed by atoms with van der Waals surface area (Å²) in [6.45, 7) is 1.87. The van der Waals surface area contributed by atoms with Gasteiger partial charge in [-0.1, -0.05) is 33.6 Å². The van der Waals surface area contributed by atoms with E-state index in [0.717, 1.165) is 9.37 Å². The summed E-state index contributed by atoms with van der Waals surface area (Å²) in [7, 11) is 0. The Morgan fingerprint density at radius 2 is 1.58 bits per heavy atom. The zero-order chi connectivity index (χ0) is 25.8. The molecule has 0 fully saturated rings. The fourth-order valence-electron chi connectivity index (χ4n) is 3.42. The highest BCUT2D eigenvalue weighted by Gasteiger charge is 2.39. The van der Waals surface area contributed by atoms with Gasteiger partial charge in [0.05, 0.1) is 17.9 Å². The lowest BCUT2D eigenvalue weighted by Crippen LogP contribution is -2.32. The van der Waals surface area contributed by atoms with Crippen molar-refractivity contribution >= 4 is 68.3 Å². The smallest absolute Gasteiger partial charge is 0.338 e. The molecular formula is C26H19BrClN3O5. The maximum absolute atomic E-state index is 13.1. The Bertz CT molecular complexity index is 1390. The van der Waals surface area contributed by atoms with Gasteiger partial charge < -0.3 is 15.4 Å². The van der Waals surface area contributed by atoms with E-state index in [4.69, 9.17) is 16.3 Å². The van der Waals surface area contributed by atoms with Crippen molar-refractivity contribution in [3.63, 3.8) is 0 Å². The summed E-state index contributed by atoms with van der Waals surface area (Å²) in [6.07, 6.45) is 0. The predicted molar refractivity (Wildman–Crippen MR) is 140 cm³/mol. The molecule has 0 radical (unpaired) electrons. The Labute approximate surface area is 220 Å². The number of hydrogen-bond acceptors (Lipinski definition) is 6. The van der Waals surface area contributed by atoms with E-state index in [1.807, 2.05) is 12.1 Å². The average Bonchev–Trinajstić information content (AvgIpc) is 3.09. The first-order valence-electron chi connectivity index (χ1n) is 10.8. The van der Waals surface area contributed by atoms with Crippen LogP contribution in [-0.4, -0.2) is 30.3 Å². The van der Waals surface area contributed by atoms with Gasteiger partial charge in [-0.25, -0.2) is 9.69 Å². The number of carbonyl (C=O) groups is 4. The van der Waals surface area contributed by atoms with Crippen LogP contribution in [0.4, 0.5) is 17.1 Å². The van der Waals surface area contributed by atoms with Gasteiger partial charge >= 0.3 is 5.97 Å². The van der Waals surface area contributed by atoms with Gasteiger partial charge in [0, 0.05) is 21.4 Å². The highest BCUT2D eigenvalue weighted by Crippen LogP contribution is 2.31. The third kappa shape index (κ3) is 5.32. The molecule has 1 aliphatic heterocycles. The van der Waals surface area contributed by atoms with Gasteiger partial charge in [0.25, 0.3) is 17.7 Å². The molecule has 8 nitrogen and oxygen atoms in total. The largest absolute Gasteiger partial charge is 0.462 e. The van der Waals surface area contributed by atoms with E-state index in [9.17, 15) is 19.2 Å². The molecule has 0 bridgehead atoms. The number of carbonyl (C=O) groups excluding carboxylic acids is 4. The molecule has 0 unspecified atom stereocenters. The summed E-state index contributed by atoms with van der Waals surface area (Å²) >= 11 is 9.54. The number of nitrogens with one attached hydrogen (secondary N) is 2. The molecule has 0 spiro atoms. The minimum absolute atomic E-state index is 0.115. The maximum Gasteiger partial charge on any atom is 0.338 e. The van der Waals surface area contributed by atoms with Gasteiger partial charge in [-0.3, -0.25) is 14.4 Å². The monoisotopic (exact) mass is 567 g/mol. The molecule has 0 aromatic heterocycles. The van der Waals surface area contributed by atoms with Crippen molar-refractivity contribution in [2.24, 2.45) is 0 Å². The lowest BCUT2D eigenvalue weighted by molar-refractivity contribution is -0.120. The Morgan fingerprint density at radius 3 is 2.25 bits per heavy atom. The van der Waals surface area contributed by atoms with Gasteiger partial charge in [0.15, 0.2) is 0 Å². The second-order valence-corrected chi connectivity index (χ2v) is 8.86. The SMILES string of the molecule is CCOC(=O)c1cccc(N2C(=O)C(Cl)=C(Nc3ccc(C(=O)Nc4ccc(Br)cc4)cc3)C2=O)c1. The van der Waals surface area contributed by atoms with Crippen LogP contribution in [0.5, 0.6) is 0 Å². The first kappa shape index (κ1) is 25.2. The first-order chi connectivity index (χ1) is 17.3. The van der Waals surface area contributed by atoms with Crippen LogP contribution in [-0.2, 0) is 14.3 Å². The first-order valence-corrected chi connectivity index (χ1v) is 12.0. The molecule has 1 heterocycles. The van der Waals surface area contributed by atoms with Crippen molar-refractivity contribution in [1.82, 2.24) is 0 Å². The maximum atomic E-state index is 13.1. The summed E-state index contributed by atoms with van der Waals surface area (Å²) < 4.78 is 5.88. The quantitative estimate of drug-likeness (QED) is 0.296. The summed E-state index contributed by atoms with van der Waals surface area (Å²) in [4.78, 5) is 51.3. The molecule has 36 heavy (non-hydrogen) atoms. The molecule has 4 rings (SSSR count). The molecule has 10 heteroatoms. The minimum atomic E-state index is -0.726. The summed E-state index contributed by atoms with van der Waals surface area (Å²) in [5.74, 6) is -2.28. The van der Waals surface area contributed by atoms with E-state index in [-0.39, 0.29) is 34.5 Å². The van der Waals surface area contributed by atoms with Crippen molar-refractivity contribution in [3.05, 3.63) is 99.1 Å². The molecule has 3 aromatic carbocycles. The Kier molecular flexibility index (Phi) is 7.52. The summed E-state index contributed by atoms with van der Waals surface area (Å²) in [5.41, 5.74) is 1.76. The van der Waals surface area contributed by atoms with Crippen molar-refractivity contribution in [1.29, 1.82) is 0 Å². The van der Waals surface area contributed by atoms with Gasteiger partial charge in [-0.15, -0.1) is 0 Å². The standard InChI is InChI=1S/C26H19BrClN3O5/c1-2-36-26(35)16-4-3-5-20(14-16)31-24(33)21(28)22(25(31)34)29-18-10-6-15(7-11-18)23(32)30-19-12-8-17(27)9-13-19/h3-14,29H,2H2,1H3,(H,30,32). The number of rotatable bonds is 7. The Morgan fingerprint density at radius 1 is 0.917 bits per heavy atom. The van der Waals surface area contributed by atoms with Crippen molar-refractivity contribution < 1.29 is 23.9 Å². The number of amides is 3. The topological polar surface area (TPSA) is 105 Å². The number of imide groups is 1. The van der Waals surface area contributed by atoms with Gasteiger partial charge in [0.2, 0.25) is 0 Å². The second-order valence-electron chi connectivity index (χ2n) is 7.57. The van der Waals surface area contributed by atoms with E-state index in [2.05, 4.69) is 26.6 Å². The van der Waals surface area contributed by atoms with Crippen LogP contribution < -0.4 is 15.5 Å². The normalized spacial score (nSPS) is 13.1. The fraction of sp³-hybridized carbons (Fsp3) is 0.0769. The molecule has 2 N–H and O–H groups in total. The van der Waals surface area contributed by atoms with Crippen molar-refractivity contribution in [2.75, 3.05) is 22.1 Å². The fourth-order valence-corrected chi connectivity index (χ4v) is 3.89. The molecular weight excluding hydrogens is 550 g/mol. The molecule has 0 saturated heterocycles. The number of hydrogen-bond donors (Lipinski definition) is 2. The Hall–Kier alpha value is -3.95. The lowest BCUT2D eigenvalue weighted by Gasteiger charge is -2.16. The van der Waals surface area contributed by atoms with Crippen LogP contribution in [0.2, 0.25) is 0 Å².